The molecule has 0 N–H and O–H groups in total. The molecule has 0 fully saturated rings. The number of allylic oxidation sites excluding steroid dienone is 1. The Kier molecular flexibility index (Phi) is 5.03. The molecule has 2 nitrogen and oxygen atoms in total. The monoisotopic (exact) mass is 336 g/mol. The number of thioether (sulfide) groups is 2. The van der Waals surface area contributed by atoms with Gasteiger partial charge in [0.2, 0.25) is 0 Å². The van der Waals surface area contributed by atoms with Gasteiger partial charge in [-0.1, -0.05) is 33.8 Å². The molecular formula is C18H28N2S2. The van der Waals surface area contributed by atoms with Crippen LogP contribution in [0.2, 0.25) is 0 Å². The van der Waals surface area contributed by atoms with Crippen LogP contribution >= 0.6 is 23.5 Å². The van der Waals surface area contributed by atoms with E-state index in [0.717, 1.165) is 18.6 Å². The first-order chi connectivity index (χ1) is 10.1. The molecular weight excluding hydrogens is 308 g/mol. The molecule has 1 unspecified atom stereocenters. The lowest BCUT2D eigenvalue weighted by Gasteiger charge is -2.35. The van der Waals surface area contributed by atoms with Crippen LogP contribution in [0, 0.1) is 10.8 Å². The van der Waals surface area contributed by atoms with Crippen molar-refractivity contribution in [3.8, 4) is 0 Å². The fraction of sp³-hybridized carbons (Fsp3) is 0.667. The number of nitrogens with zero attached hydrogens (tertiary/aromatic N) is 2. The van der Waals surface area contributed by atoms with Crippen molar-refractivity contribution in [2.75, 3.05) is 12.0 Å². The number of hydrogen-bond donors (Lipinski definition) is 0. The maximum Gasteiger partial charge on any atom is 0.0844 e. The molecule has 0 spiro atoms. The fourth-order valence-electron chi connectivity index (χ4n) is 2.88. The Balaban J connectivity index is 2.36. The Morgan fingerprint density at radius 2 is 1.82 bits per heavy atom. The van der Waals surface area contributed by atoms with Gasteiger partial charge in [-0.3, -0.25) is 9.98 Å². The molecule has 0 radical (unpaired) electrons. The maximum atomic E-state index is 5.02. The standard InChI is InChI=1S/C18H28N2S2/c1-8-9-22-14-11-16(2,3)13(19-14)10-18(6)17(4,5)12-15(20-18)21-7/h8,10H,1,9,11-12H2,2-7H3/b13-10-. The first-order valence-electron chi connectivity index (χ1n) is 7.81. The summed E-state index contributed by atoms with van der Waals surface area (Å²) in [5.41, 5.74) is 1.27. The van der Waals surface area contributed by atoms with Gasteiger partial charge in [-0.2, -0.15) is 0 Å². The molecule has 0 saturated carbocycles. The fourth-order valence-corrected chi connectivity index (χ4v) is 4.60. The molecule has 2 aliphatic rings. The zero-order valence-corrected chi connectivity index (χ0v) is 16.3. The first kappa shape index (κ1) is 17.9. The Labute approximate surface area is 144 Å². The van der Waals surface area contributed by atoms with Gasteiger partial charge in [0.05, 0.1) is 15.6 Å². The second kappa shape index (κ2) is 6.20. The summed E-state index contributed by atoms with van der Waals surface area (Å²) in [6, 6.07) is 0. The van der Waals surface area contributed by atoms with E-state index >= 15 is 0 Å². The molecule has 0 aromatic rings. The van der Waals surface area contributed by atoms with Gasteiger partial charge in [0.25, 0.3) is 0 Å². The molecule has 0 aliphatic carbocycles. The highest BCUT2D eigenvalue weighted by atomic mass is 32.2. The van der Waals surface area contributed by atoms with Crippen LogP contribution in [0.3, 0.4) is 0 Å². The summed E-state index contributed by atoms with van der Waals surface area (Å²) in [6.07, 6.45) is 8.47. The summed E-state index contributed by atoms with van der Waals surface area (Å²) < 4.78 is 0. The predicted octanol–water partition coefficient (Wildman–Crippen LogP) is 5.57. The minimum atomic E-state index is -0.167. The first-order valence-corrected chi connectivity index (χ1v) is 10.0. The van der Waals surface area contributed by atoms with Gasteiger partial charge in [0.1, 0.15) is 0 Å². The summed E-state index contributed by atoms with van der Waals surface area (Å²) in [4.78, 5) is 9.94. The van der Waals surface area contributed by atoms with Crippen LogP contribution < -0.4 is 0 Å². The number of hydrogen-bond acceptors (Lipinski definition) is 4. The molecule has 1 atom stereocenters. The average molecular weight is 337 g/mol. The summed E-state index contributed by atoms with van der Waals surface area (Å²) in [7, 11) is 0. The van der Waals surface area contributed by atoms with Crippen molar-refractivity contribution in [1.29, 1.82) is 0 Å². The van der Waals surface area contributed by atoms with E-state index in [4.69, 9.17) is 9.98 Å². The molecule has 0 aromatic carbocycles. The van der Waals surface area contributed by atoms with E-state index in [9.17, 15) is 0 Å². The van der Waals surface area contributed by atoms with E-state index in [1.54, 1.807) is 23.5 Å². The molecule has 0 bridgehead atoms. The van der Waals surface area contributed by atoms with Crippen molar-refractivity contribution in [2.45, 2.75) is 53.0 Å². The highest BCUT2D eigenvalue weighted by Crippen LogP contribution is 2.49. The molecule has 22 heavy (non-hydrogen) atoms. The van der Waals surface area contributed by atoms with Gasteiger partial charge in [0.15, 0.2) is 0 Å². The van der Waals surface area contributed by atoms with Crippen LogP contribution in [-0.4, -0.2) is 27.6 Å². The zero-order chi connectivity index (χ0) is 16.6. The van der Waals surface area contributed by atoms with Crippen LogP contribution in [0.5, 0.6) is 0 Å². The second-order valence-electron chi connectivity index (χ2n) is 7.61. The topological polar surface area (TPSA) is 24.7 Å². The van der Waals surface area contributed by atoms with Crippen LogP contribution in [-0.2, 0) is 0 Å². The quantitative estimate of drug-likeness (QED) is 0.629. The number of aliphatic imine (C=N–C) groups is 2. The van der Waals surface area contributed by atoms with E-state index in [-0.39, 0.29) is 16.4 Å². The Hall–Kier alpha value is -0.480. The zero-order valence-electron chi connectivity index (χ0n) is 14.7. The van der Waals surface area contributed by atoms with Gasteiger partial charge in [-0.25, -0.2) is 0 Å². The van der Waals surface area contributed by atoms with Gasteiger partial charge >= 0.3 is 0 Å². The number of rotatable bonds is 3. The van der Waals surface area contributed by atoms with Crippen molar-refractivity contribution in [1.82, 2.24) is 0 Å². The van der Waals surface area contributed by atoms with Crippen molar-refractivity contribution >= 4 is 33.6 Å². The highest BCUT2D eigenvalue weighted by Gasteiger charge is 2.46. The van der Waals surface area contributed by atoms with Crippen molar-refractivity contribution < 1.29 is 0 Å². The SMILES string of the molecule is C=CCSC1=N/C(=C\C2(C)N=C(SC)CC2(C)C)C(C)(C)C1. The van der Waals surface area contributed by atoms with Gasteiger partial charge in [0, 0.05) is 29.7 Å². The molecule has 2 heterocycles. The van der Waals surface area contributed by atoms with Crippen LogP contribution in [0.4, 0.5) is 0 Å². The van der Waals surface area contributed by atoms with Crippen molar-refractivity contribution in [3.63, 3.8) is 0 Å². The van der Waals surface area contributed by atoms with Crippen molar-refractivity contribution in [3.05, 3.63) is 24.4 Å². The highest BCUT2D eigenvalue weighted by molar-refractivity contribution is 8.14. The lowest BCUT2D eigenvalue weighted by molar-refractivity contribution is 0.265. The Morgan fingerprint density at radius 3 is 2.36 bits per heavy atom. The third kappa shape index (κ3) is 3.38. The minimum Gasteiger partial charge on any atom is -0.272 e. The van der Waals surface area contributed by atoms with Crippen LogP contribution in [0.1, 0.15) is 47.5 Å². The van der Waals surface area contributed by atoms with Gasteiger partial charge < -0.3 is 0 Å². The second-order valence-corrected chi connectivity index (χ2v) is 9.59. The summed E-state index contributed by atoms with van der Waals surface area (Å²) in [5.74, 6) is 0.930. The van der Waals surface area contributed by atoms with Crippen molar-refractivity contribution in [2.24, 2.45) is 20.8 Å². The molecule has 0 aromatic heterocycles. The largest absolute Gasteiger partial charge is 0.272 e. The predicted molar refractivity (Wildman–Crippen MR) is 104 cm³/mol. The van der Waals surface area contributed by atoms with E-state index < -0.39 is 0 Å². The molecule has 4 heteroatoms. The average Bonchev–Trinajstić information content (AvgIpc) is 2.81. The lowest BCUT2D eigenvalue weighted by Crippen LogP contribution is -2.35. The van der Waals surface area contributed by atoms with Gasteiger partial charge in [-0.05, 0) is 24.7 Å². The van der Waals surface area contributed by atoms with Crippen LogP contribution in [0.15, 0.2) is 34.4 Å². The molecule has 0 saturated heterocycles. The normalized spacial score (nSPS) is 31.3. The minimum absolute atomic E-state index is 0.0974. The van der Waals surface area contributed by atoms with Gasteiger partial charge in [-0.15, -0.1) is 30.1 Å². The van der Waals surface area contributed by atoms with E-state index in [2.05, 4.69) is 53.5 Å². The molecule has 2 aliphatic heterocycles. The summed E-state index contributed by atoms with van der Waals surface area (Å²) >= 11 is 3.58. The third-order valence-electron chi connectivity index (χ3n) is 4.87. The molecule has 0 amide bonds. The van der Waals surface area contributed by atoms with E-state index in [1.807, 2.05) is 6.08 Å². The van der Waals surface area contributed by atoms with E-state index in [0.29, 0.717) is 0 Å². The van der Waals surface area contributed by atoms with Crippen LogP contribution in [0.25, 0.3) is 0 Å². The smallest absolute Gasteiger partial charge is 0.0844 e. The Bertz CT molecular complexity index is 555. The molecule has 122 valence electrons. The Morgan fingerprint density at radius 1 is 1.14 bits per heavy atom. The maximum absolute atomic E-state index is 5.02. The third-order valence-corrected chi connectivity index (χ3v) is 6.55. The summed E-state index contributed by atoms with van der Waals surface area (Å²) in [6.45, 7) is 15.3. The summed E-state index contributed by atoms with van der Waals surface area (Å²) in [5, 5.41) is 2.48. The lowest BCUT2D eigenvalue weighted by atomic mass is 9.72. The van der Waals surface area contributed by atoms with E-state index in [1.165, 1.54) is 15.8 Å². The molecule has 2 rings (SSSR count).